The lowest BCUT2D eigenvalue weighted by atomic mass is 10.4. The van der Waals surface area contributed by atoms with Crippen molar-refractivity contribution in [3.8, 4) is 0 Å². The summed E-state index contributed by atoms with van der Waals surface area (Å²) in [7, 11) is 0. The number of rotatable bonds is 6. The van der Waals surface area contributed by atoms with Gasteiger partial charge in [0.1, 0.15) is 0 Å². The van der Waals surface area contributed by atoms with Gasteiger partial charge in [-0.05, 0) is 0 Å². The van der Waals surface area contributed by atoms with E-state index in [4.69, 9.17) is 0 Å². The maximum absolute atomic E-state index is 12.2. The summed E-state index contributed by atoms with van der Waals surface area (Å²) in [6.07, 6.45) is -4.30. The van der Waals surface area contributed by atoms with Crippen LogP contribution in [-0.4, -0.2) is 57.7 Å². The third-order valence-electron chi connectivity index (χ3n) is 3.58. The number of alkyl halides is 3. The van der Waals surface area contributed by atoms with E-state index in [1.807, 2.05) is 0 Å². The molecule has 0 radical (unpaired) electrons. The van der Waals surface area contributed by atoms with E-state index in [1.54, 1.807) is 4.90 Å². The van der Waals surface area contributed by atoms with Crippen molar-refractivity contribution in [1.82, 2.24) is 14.4 Å². The van der Waals surface area contributed by atoms with Crippen molar-refractivity contribution in [2.45, 2.75) is 19.1 Å². The highest BCUT2D eigenvalue weighted by molar-refractivity contribution is 5.80. The lowest BCUT2D eigenvalue weighted by Gasteiger charge is -2.19. The number of pyridine rings is 1. The average Bonchev–Trinajstić information content (AvgIpc) is 2.83. The molecule has 1 fully saturated rings. The SMILES string of the molecule is O=C1CN(CCn2cc([N+](=O)[O-])ccc2=O)CN1CCC(F)(F)F. The van der Waals surface area contributed by atoms with Crippen LogP contribution in [-0.2, 0) is 11.3 Å². The molecular formula is C13H15F3N4O4. The van der Waals surface area contributed by atoms with Gasteiger partial charge in [0.05, 0.1) is 30.8 Å². The van der Waals surface area contributed by atoms with E-state index in [1.165, 1.54) is 0 Å². The largest absolute Gasteiger partial charge is 0.390 e. The second kappa shape index (κ2) is 6.99. The second-order valence-corrected chi connectivity index (χ2v) is 5.39. The number of nitrogens with zero attached hydrogens (tertiary/aromatic N) is 4. The topological polar surface area (TPSA) is 88.7 Å². The summed E-state index contributed by atoms with van der Waals surface area (Å²) >= 11 is 0. The van der Waals surface area contributed by atoms with Gasteiger partial charge in [-0.3, -0.25) is 24.6 Å². The molecule has 1 aliphatic rings. The normalized spacial score (nSPS) is 16.0. The molecule has 2 rings (SSSR count). The predicted molar refractivity (Wildman–Crippen MR) is 76.2 cm³/mol. The van der Waals surface area contributed by atoms with Crippen molar-refractivity contribution in [3.63, 3.8) is 0 Å². The molecule has 0 bridgehead atoms. The number of amides is 1. The molecule has 0 spiro atoms. The molecule has 1 aromatic rings. The van der Waals surface area contributed by atoms with Gasteiger partial charge in [0.15, 0.2) is 0 Å². The molecule has 24 heavy (non-hydrogen) atoms. The zero-order chi connectivity index (χ0) is 17.9. The number of hydrogen-bond acceptors (Lipinski definition) is 5. The van der Waals surface area contributed by atoms with Crippen molar-refractivity contribution in [2.75, 3.05) is 26.3 Å². The molecule has 1 amide bonds. The zero-order valence-electron chi connectivity index (χ0n) is 12.5. The number of nitro groups is 1. The lowest BCUT2D eigenvalue weighted by molar-refractivity contribution is -0.385. The van der Waals surface area contributed by atoms with E-state index >= 15 is 0 Å². The number of carbonyl (C=O) groups is 1. The van der Waals surface area contributed by atoms with Crippen LogP contribution in [0.5, 0.6) is 0 Å². The summed E-state index contributed by atoms with van der Waals surface area (Å²) in [6, 6.07) is 2.17. The first kappa shape index (κ1) is 17.9. The minimum absolute atomic E-state index is 0.0401. The Kier molecular flexibility index (Phi) is 5.22. The third kappa shape index (κ3) is 4.78. The van der Waals surface area contributed by atoms with Crippen LogP contribution in [0.25, 0.3) is 0 Å². The Hall–Kier alpha value is -2.43. The predicted octanol–water partition coefficient (Wildman–Crippen LogP) is 0.811. The van der Waals surface area contributed by atoms with Crippen molar-refractivity contribution < 1.29 is 22.9 Å². The summed E-state index contributed by atoms with van der Waals surface area (Å²) < 4.78 is 37.8. The summed E-state index contributed by atoms with van der Waals surface area (Å²) in [5, 5.41) is 10.7. The van der Waals surface area contributed by atoms with Gasteiger partial charge in [-0.15, -0.1) is 0 Å². The van der Waals surface area contributed by atoms with Gasteiger partial charge in [0.2, 0.25) is 5.91 Å². The minimum atomic E-state index is -4.33. The fraction of sp³-hybridized carbons (Fsp3) is 0.538. The summed E-state index contributed by atoms with van der Waals surface area (Å²) in [5.41, 5.74) is -0.668. The first-order valence-corrected chi connectivity index (χ1v) is 7.07. The molecular weight excluding hydrogens is 333 g/mol. The third-order valence-corrected chi connectivity index (χ3v) is 3.58. The van der Waals surface area contributed by atoms with Gasteiger partial charge in [-0.1, -0.05) is 0 Å². The highest BCUT2D eigenvalue weighted by Gasteiger charge is 2.32. The Labute approximate surface area is 134 Å². The number of halogens is 3. The average molecular weight is 348 g/mol. The van der Waals surface area contributed by atoms with Gasteiger partial charge in [-0.2, -0.15) is 13.2 Å². The zero-order valence-corrected chi connectivity index (χ0v) is 12.5. The first-order valence-electron chi connectivity index (χ1n) is 7.07. The smallest absolute Gasteiger partial charge is 0.328 e. The monoisotopic (exact) mass is 348 g/mol. The van der Waals surface area contributed by atoms with E-state index in [2.05, 4.69) is 0 Å². The summed E-state index contributed by atoms with van der Waals surface area (Å²) in [4.78, 5) is 36.1. The van der Waals surface area contributed by atoms with Crippen molar-refractivity contribution >= 4 is 11.6 Å². The van der Waals surface area contributed by atoms with Gasteiger partial charge in [0, 0.05) is 31.8 Å². The quantitative estimate of drug-likeness (QED) is 0.561. The lowest BCUT2D eigenvalue weighted by Crippen LogP contribution is -2.32. The standard InChI is InChI=1S/C13H15F3N4O4/c14-13(15,16)3-4-19-9-17(8-12(19)22)5-6-18-7-10(20(23)24)1-2-11(18)21/h1-2,7H,3-6,8-9H2. The van der Waals surface area contributed by atoms with E-state index in [-0.39, 0.29) is 32.0 Å². The molecule has 11 heteroatoms. The molecule has 0 saturated carbocycles. The highest BCUT2D eigenvalue weighted by atomic mass is 19.4. The summed E-state index contributed by atoms with van der Waals surface area (Å²) in [6.45, 7) is -0.0913. The van der Waals surface area contributed by atoms with Gasteiger partial charge in [0.25, 0.3) is 11.2 Å². The fourth-order valence-corrected chi connectivity index (χ4v) is 2.32. The van der Waals surface area contributed by atoms with E-state index in [0.29, 0.717) is 0 Å². The van der Waals surface area contributed by atoms with E-state index < -0.39 is 35.5 Å². The van der Waals surface area contributed by atoms with Crippen LogP contribution in [0.3, 0.4) is 0 Å². The molecule has 0 aromatic carbocycles. The Balaban J connectivity index is 1.92. The molecule has 1 aromatic heterocycles. The molecule has 1 saturated heterocycles. The molecule has 2 heterocycles. The van der Waals surface area contributed by atoms with Gasteiger partial charge < -0.3 is 9.47 Å². The van der Waals surface area contributed by atoms with Crippen molar-refractivity contribution in [1.29, 1.82) is 0 Å². The van der Waals surface area contributed by atoms with Crippen LogP contribution >= 0.6 is 0 Å². The first-order chi connectivity index (χ1) is 11.2. The number of carbonyl (C=O) groups excluding carboxylic acids is 1. The Morgan fingerprint density at radius 3 is 2.50 bits per heavy atom. The van der Waals surface area contributed by atoms with Crippen LogP contribution in [0, 0.1) is 10.1 Å². The number of hydrogen-bond donors (Lipinski definition) is 0. The van der Waals surface area contributed by atoms with Crippen molar-refractivity contribution in [2.24, 2.45) is 0 Å². The molecule has 0 N–H and O–H groups in total. The Morgan fingerprint density at radius 1 is 1.17 bits per heavy atom. The molecule has 0 unspecified atom stereocenters. The van der Waals surface area contributed by atoms with Crippen LogP contribution < -0.4 is 5.56 Å². The summed E-state index contributed by atoms with van der Waals surface area (Å²) in [5.74, 6) is -0.411. The molecule has 0 aliphatic carbocycles. The minimum Gasteiger partial charge on any atom is -0.328 e. The molecule has 8 nitrogen and oxygen atoms in total. The maximum atomic E-state index is 12.2. The Bertz CT molecular complexity index is 689. The number of aromatic nitrogens is 1. The molecule has 0 atom stereocenters. The van der Waals surface area contributed by atoms with Crippen LogP contribution in [0.1, 0.15) is 6.42 Å². The molecule has 132 valence electrons. The maximum Gasteiger partial charge on any atom is 0.390 e. The molecule has 1 aliphatic heterocycles. The highest BCUT2D eigenvalue weighted by Crippen LogP contribution is 2.21. The van der Waals surface area contributed by atoms with Crippen LogP contribution in [0.15, 0.2) is 23.1 Å². The fourth-order valence-electron chi connectivity index (χ4n) is 2.32. The van der Waals surface area contributed by atoms with Crippen LogP contribution in [0.2, 0.25) is 0 Å². The van der Waals surface area contributed by atoms with E-state index in [9.17, 15) is 32.9 Å². The second-order valence-electron chi connectivity index (χ2n) is 5.39. The van der Waals surface area contributed by atoms with E-state index in [0.717, 1.165) is 27.8 Å². The Morgan fingerprint density at radius 2 is 1.88 bits per heavy atom. The van der Waals surface area contributed by atoms with Gasteiger partial charge in [-0.25, -0.2) is 0 Å². The van der Waals surface area contributed by atoms with Gasteiger partial charge >= 0.3 is 6.18 Å². The van der Waals surface area contributed by atoms with Crippen LogP contribution in [0.4, 0.5) is 18.9 Å². The van der Waals surface area contributed by atoms with Crippen molar-refractivity contribution in [3.05, 3.63) is 38.8 Å².